The van der Waals surface area contributed by atoms with Gasteiger partial charge in [-0.3, -0.25) is 4.90 Å². The summed E-state index contributed by atoms with van der Waals surface area (Å²) in [6.07, 6.45) is 12.1. The highest BCUT2D eigenvalue weighted by molar-refractivity contribution is 5.01. The van der Waals surface area contributed by atoms with Gasteiger partial charge in [0.1, 0.15) is 0 Å². The van der Waals surface area contributed by atoms with E-state index in [2.05, 4.69) is 11.9 Å². The van der Waals surface area contributed by atoms with Gasteiger partial charge in [-0.25, -0.2) is 0 Å². The molecule has 2 heterocycles. The predicted octanol–water partition coefficient (Wildman–Crippen LogP) is 2.80. The number of piperidine rings is 1. The maximum absolute atomic E-state index is 10.5. The van der Waals surface area contributed by atoms with Crippen molar-refractivity contribution in [3.63, 3.8) is 0 Å². The van der Waals surface area contributed by atoms with Crippen molar-refractivity contribution in [2.24, 2.45) is 11.8 Å². The monoisotopic (exact) mass is 237 g/mol. The first-order valence-corrected chi connectivity index (χ1v) is 7.67. The Balaban J connectivity index is 1.75. The van der Waals surface area contributed by atoms with Crippen molar-refractivity contribution in [1.82, 2.24) is 4.90 Å². The molecule has 2 aliphatic heterocycles. The summed E-state index contributed by atoms with van der Waals surface area (Å²) in [6.45, 7) is 0. The van der Waals surface area contributed by atoms with E-state index < -0.39 is 0 Å². The van der Waals surface area contributed by atoms with E-state index in [9.17, 15) is 5.11 Å². The minimum atomic E-state index is -0.00759. The Morgan fingerprint density at radius 1 is 0.941 bits per heavy atom. The SMILES string of the molecule is CN1C2CCC1C(C1CCCCCC1)C(O)C2. The summed E-state index contributed by atoms with van der Waals surface area (Å²) in [6, 6.07) is 1.36. The van der Waals surface area contributed by atoms with Crippen LogP contribution in [-0.4, -0.2) is 35.2 Å². The van der Waals surface area contributed by atoms with Gasteiger partial charge in [0.2, 0.25) is 0 Å². The van der Waals surface area contributed by atoms with Crippen LogP contribution in [0.25, 0.3) is 0 Å². The van der Waals surface area contributed by atoms with Crippen LogP contribution in [0.3, 0.4) is 0 Å². The maximum Gasteiger partial charge on any atom is 0.0600 e. The van der Waals surface area contributed by atoms with Crippen molar-refractivity contribution in [3.05, 3.63) is 0 Å². The van der Waals surface area contributed by atoms with Crippen molar-refractivity contribution in [3.8, 4) is 0 Å². The zero-order valence-electron chi connectivity index (χ0n) is 11.1. The van der Waals surface area contributed by atoms with Crippen molar-refractivity contribution >= 4 is 0 Å². The summed E-state index contributed by atoms with van der Waals surface area (Å²) in [5, 5.41) is 10.5. The largest absolute Gasteiger partial charge is 0.393 e. The summed E-state index contributed by atoms with van der Waals surface area (Å²) in [5.41, 5.74) is 0. The van der Waals surface area contributed by atoms with Gasteiger partial charge in [-0.2, -0.15) is 0 Å². The number of nitrogens with zero attached hydrogens (tertiary/aromatic N) is 1. The van der Waals surface area contributed by atoms with Gasteiger partial charge in [0.25, 0.3) is 0 Å². The molecule has 0 aromatic rings. The summed E-state index contributed by atoms with van der Waals surface area (Å²) in [5.74, 6) is 1.39. The second kappa shape index (κ2) is 4.89. The summed E-state index contributed by atoms with van der Waals surface area (Å²) in [4.78, 5) is 2.59. The summed E-state index contributed by atoms with van der Waals surface area (Å²) in [7, 11) is 2.29. The first-order valence-electron chi connectivity index (χ1n) is 7.67. The lowest BCUT2D eigenvalue weighted by atomic mass is 9.75. The van der Waals surface area contributed by atoms with Crippen LogP contribution in [0.4, 0.5) is 0 Å². The lowest BCUT2D eigenvalue weighted by molar-refractivity contribution is -0.0365. The van der Waals surface area contributed by atoms with E-state index >= 15 is 0 Å². The first kappa shape index (κ1) is 12.0. The average Bonchev–Trinajstić information content (AvgIpc) is 2.55. The van der Waals surface area contributed by atoms with Crippen LogP contribution in [0.1, 0.15) is 57.8 Å². The Bertz CT molecular complexity index is 260. The normalized spacial score (nSPS) is 44.8. The Morgan fingerprint density at radius 3 is 2.35 bits per heavy atom. The Labute approximate surface area is 105 Å². The highest BCUT2D eigenvalue weighted by Crippen LogP contribution is 2.44. The summed E-state index contributed by atoms with van der Waals surface area (Å²) >= 11 is 0. The van der Waals surface area contributed by atoms with E-state index in [1.807, 2.05) is 0 Å². The molecule has 4 atom stereocenters. The molecule has 2 nitrogen and oxygen atoms in total. The maximum atomic E-state index is 10.5. The van der Waals surface area contributed by atoms with Gasteiger partial charge < -0.3 is 5.11 Å². The van der Waals surface area contributed by atoms with E-state index in [4.69, 9.17) is 0 Å². The molecule has 0 aromatic heterocycles. The van der Waals surface area contributed by atoms with Gasteiger partial charge >= 0.3 is 0 Å². The Hall–Kier alpha value is -0.0800. The molecule has 98 valence electrons. The molecular formula is C15H27NO. The van der Waals surface area contributed by atoms with Crippen molar-refractivity contribution in [2.45, 2.75) is 76.0 Å². The number of hydrogen-bond donors (Lipinski definition) is 1. The fraction of sp³-hybridized carbons (Fsp3) is 1.00. The number of rotatable bonds is 1. The van der Waals surface area contributed by atoms with Crippen LogP contribution in [0.5, 0.6) is 0 Å². The highest BCUT2D eigenvalue weighted by Gasteiger charge is 2.47. The van der Waals surface area contributed by atoms with Crippen LogP contribution in [-0.2, 0) is 0 Å². The van der Waals surface area contributed by atoms with Crippen molar-refractivity contribution < 1.29 is 5.11 Å². The number of hydrogen-bond acceptors (Lipinski definition) is 2. The van der Waals surface area contributed by atoms with Crippen molar-refractivity contribution in [1.29, 1.82) is 0 Å². The lowest BCUT2D eigenvalue weighted by Gasteiger charge is -2.44. The lowest BCUT2D eigenvalue weighted by Crippen LogP contribution is -2.51. The minimum Gasteiger partial charge on any atom is -0.393 e. The molecule has 0 aromatic carbocycles. The third kappa shape index (κ3) is 2.15. The Morgan fingerprint density at radius 2 is 1.65 bits per heavy atom. The second-order valence-electron chi connectivity index (χ2n) is 6.60. The number of fused-ring (bicyclic) bond motifs is 2. The van der Waals surface area contributed by atoms with Gasteiger partial charge in [-0.1, -0.05) is 38.5 Å². The fourth-order valence-electron chi connectivity index (χ4n) is 4.81. The molecule has 1 N–H and O–H groups in total. The molecule has 2 saturated heterocycles. The molecular weight excluding hydrogens is 210 g/mol. The van der Waals surface area contributed by atoms with E-state index in [-0.39, 0.29) is 6.10 Å². The van der Waals surface area contributed by atoms with Crippen LogP contribution >= 0.6 is 0 Å². The minimum absolute atomic E-state index is 0.00759. The van der Waals surface area contributed by atoms with Crippen molar-refractivity contribution in [2.75, 3.05) is 7.05 Å². The predicted molar refractivity (Wildman–Crippen MR) is 69.9 cm³/mol. The van der Waals surface area contributed by atoms with Gasteiger partial charge in [0.15, 0.2) is 0 Å². The molecule has 3 fully saturated rings. The molecule has 1 aliphatic carbocycles. The first-order chi connectivity index (χ1) is 8.27. The Kier molecular flexibility index (Phi) is 3.45. The topological polar surface area (TPSA) is 23.5 Å². The molecule has 2 bridgehead atoms. The van der Waals surface area contributed by atoms with Crippen LogP contribution in [0.15, 0.2) is 0 Å². The van der Waals surface area contributed by atoms with Gasteiger partial charge in [0.05, 0.1) is 6.10 Å². The molecule has 1 saturated carbocycles. The van der Waals surface area contributed by atoms with Gasteiger partial charge in [0, 0.05) is 18.0 Å². The quantitative estimate of drug-likeness (QED) is 0.709. The number of aliphatic hydroxyl groups is 1. The molecule has 0 radical (unpaired) electrons. The molecule has 4 unspecified atom stereocenters. The third-order valence-corrected chi connectivity index (χ3v) is 5.74. The molecule has 3 rings (SSSR count). The third-order valence-electron chi connectivity index (χ3n) is 5.74. The van der Waals surface area contributed by atoms with Gasteiger partial charge in [-0.15, -0.1) is 0 Å². The molecule has 17 heavy (non-hydrogen) atoms. The van der Waals surface area contributed by atoms with Crippen LogP contribution in [0.2, 0.25) is 0 Å². The summed E-state index contributed by atoms with van der Waals surface area (Å²) < 4.78 is 0. The zero-order chi connectivity index (χ0) is 11.8. The standard InChI is InChI=1S/C15H27NO/c1-16-12-8-9-13(16)15(14(17)10-12)11-6-4-2-3-5-7-11/h11-15,17H,2-10H2,1H3. The zero-order valence-corrected chi connectivity index (χ0v) is 11.1. The molecule has 2 heteroatoms. The number of aliphatic hydroxyl groups excluding tert-OH is 1. The van der Waals surface area contributed by atoms with E-state index in [0.29, 0.717) is 18.0 Å². The van der Waals surface area contributed by atoms with E-state index in [1.54, 1.807) is 0 Å². The fourth-order valence-corrected chi connectivity index (χ4v) is 4.81. The van der Waals surface area contributed by atoms with Gasteiger partial charge in [-0.05, 0) is 32.2 Å². The van der Waals surface area contributed by atoms with Crippen LogP contribution in [0, 0.1) is 11.8 Å². The van der Waals surface area contributed by atoms with E-state index in [0.717, 1.165) is 12.3 Å². The average molecular weight is 237 g/mol. The van der Waals surface area contributed by atoms with E-state index in [1.165, 1.54) is 51.4 Å². The molecule has 0 spiro atoms. The van der Waals surface area contributed by atoms with Crippen LogP contribution < -0.4 is 0 Å². The molecule has 0 amide bonds. The second-order valence-corrected chi connectivity index (χ2v) is 6.60. The highest BCUT2D eigenvalue weighted by atomic mass is 16.3. The molecule has 3 aliphatic rings. The smallest absolute Gasteiger partial charge is 0.0600 e.